The molecule has 2 aromatic rings. The average Bonchev–Trinajstić information content (AvgIpc) is 2.88. The molecule has 0 aliphatic heterocycles. The number of ketones is 1. The van der Waals surface area contributed by atoms with Crippen molar-refractivity contribution in [3.63, 3.8) is 0 Å². The van der Waals surface area contributed by atoms with Crippen molar-refractivity contribution in [2.24, 2.45) is 0 Å². The molecule has 35 heavy (non-hydrogen) atoms. The molecule has 1 aromatic carbocycles. The molecule has 0 radical (unpaired) electrons. The molecule has 1 heterocycles. The minimum atomic E-state index is -1.04. The van der Waals surface area contributed by atoms with Gasteiger partial charge in [0.25, 0.3) is 5.91 Å². The number of benzene rings is 1. The van der Waals surface area contributed by atoms with Crippen molar-refractivity contribution in [3.8, 4) is 0 Å². The van der Waals surface area contributed by atoms with E-state index in [9.17, 15) is 19.2 Å². The lowest BCUT2D eigenvalue weighted by molar-refractivity contribution is -0.140. The third kappa shape index (κ3) is 8.60. The van der Waals surface area contributed by atoms with Crippen LogP contribution in [0, 0.1) is 0 Å². The molecular weight excluding hydrogens is 446 g/mol. The van der Waals surface area contributed by atoms with Gasteiger partial charge in [0, 0.05) is 31.9 Å². The summed E-state index contributed by atoms with van der Waals surface area (Å²) in [5.74, 6) is -2.26. The molecule has 3 amide bonds. The highest BCUT2D eigenvalue weighted by atomic mass is 16.2. The Morgan fingerprint density at radius 2 is 1.69 bits per heavy atom. The second-order valence-electron chi connectivity index (χ2n) is 8.37. The zero-order chi connectivity index (χ0) is 25.8. The number of amides is 3. The summed E-state index contributed by atoms with van der Waals surface area (Å²) in [6.07, 6.45) is 2.83. The molecule has 1 aromatic heterocycles. The highest BCUT2D eigenvalue weighted by Gasteiger charge is 2.28. The third-order valence-electron chi connectivity index (χ3n) is 5.79. The Bertz CT molecular complexity index is 984. The Labute approximate surface area is 206 Å². The average molecular weight is 482 g/mol. The molecule has 0 aliphatic carbocycles. The lowest BCUT2D eigenvalue weighted by Gasteiger charge is -2.23. The van der Waals surface area contributed by atoms with Crippen LogP contribution in [-0.2, 0) is 25.6 Å². The predicted octanol–water partition coefficient (Wildman–Crippen LogP) is 1.40. The zero-order valence-corrected chi connectivity index (χ0v) is 20.8. The normalized spacial score (nSPS) is 13.3. The highest BCUT2D eigenvalue weighted by molar-refractivity contribution is 6.38. The van der Waals surface area contributed by atoms with Gasteiger partial charge in [-0.3, -0.25) is 24.2 Å². The molecular formula is C26H35N5O4. The summed E-state index contributed by atoms with van der Waals surface area (Å²) in [6.45, 7) is 3.83. The molecule has 0 saturated carbocycles. The minimum Gasteiger partial charge on any atom is -0.345 e. The smallest absolute Gasteiger partial charge is 0.290 e. The lowest BCUT2D eigenvalue weighted by atomic mass is 10.0. The van der Waals surface area contributed by atoms with Crippen molar-refractivity contribution in [3.05, 3.63) is 66.0 Å². The van der Waals surface area contributed by atoms with Crippen LogP contribution in [0.15, 0.2) is 54.7 Å². The molecule has 2 rings (SSSR count). The maximum Gasteiger partial charge on any atom is 0.290 e. The van der Waals surface area contributed by atoms with E-state index in [1.165, 1.54) is 6.92 Å². The first-order valence-corrected chi connectivity index (χ1v) is 11.8. The standard InChI is InChI=1S/C26H35N5O4/c1-5-21(19-11-7-6-8-12-19)30-26(35)24(33)18(2)29-25(34)22(27-3)17-23(32)31(4)16-14-20-13-9-10-15-28-20/h6-13,15,18,21-22,27H,5,14,16-17H2,1-4H3,(H,29,34)(H,30,35)/t18?,21-,22+/m1/s1. The number of likely N-dealkylation sites (N-methyl/N-ethyl adjacent to an activating group) is 2. The maximum atomic E-state index is 12.7. The Morgan fingerprint density at radius 3 is 2.29 bits per heavy atom. The fourth-order valence-corrected chi connectivity index (χ4v) is 3.52. The largest absolute Gasteiger partial charge is 0.345 e. The van der Waals surface area contributed by atoms with Gasteiger partial charge in [0.15, 0.2) is 0 Å². The number of nitrogens with one attached hydrogen (secondary N) is 3. The van der Waals surface area contributed by atoms with Gasteiger partial charge in [-0.1, -0.05) is 43.3 Å². The summed E-state index contributed by atoms with van der Waals surface area (Å²) < 4.78 is 0. The van der Waals surface area contributed by atoms with E-state index >= 15 is 0 Å². The van der Waals surface area contributed by atoms with Gasteiger partial charge in [0.1, 0.15) is 0 Å². The van der Waals surface area contributed by atoms with Crippen molar-refractivity contribution in [1.82, 2.24) is 25.8 Å². The van der Waals surface area contributed by atoms with E-state index in [4.69, 9.17) is 0 Å². The van der Waals surface area contributed by atoms with Gasteiger partial charge in [0.05, 0.1) is 24.5 Å². The number of pyridine rings is 1. The van der Waals surface area contributed by atoms with E-state index < -0.39 is 29.7 Å². The second kappa shape index (κ2) is 14.0. The van der Waals surface area contributed by atoms with Crippen LogP contribution >= 0.6 is 0 Å². The lowest BCUT2D eigenvalue weighted by Crippen LogP contribution is -2.52. The van der Waals surface area contributed by atoms with Crippen molar-refractivity contribution in [2.45, 2.75) is 51.2 Å². The fourth-order valence-electron chi connectivity index (χ4n) is 3.52. The van der Waals surface area contributed by atoms with Crippen LogP contribution < -0.4 is 16.0 Å². The first kappa shape index (κ1) is 27.7. The van der Waals surface area contributed by atoms with E-state index in [1.54, 1.807) is 25.2 Å². The van der Waals surface area contributed by atoms with Gasteiger partial charge in [-0.05, 0) is 38.1 Å². The van der Waals surface area contributed by atoms with Crippen LogP contribution in [0.3, 0.4) is 0 Å². The first-order valence-electron chi connectivity index (χ1n) is 11.8. The summed E-state index contributed by atoms with van der Waals surface area (Å²) in [5.41, 5.74) is 1.77. The third-order valence-corrected chi connectivity index (χ3v) is 5.79. The van der Waals surface area contributed by atoms with Crippen LogP contribution in [0.25, 0.3) is 0 Å². The quantitative estimate of drug-likeness (QED) is 0.372. The van der Waals surface area contributed by atoms with Crippen molar-refractivity contribution >= 4 is 23.5 Å². The molecule has 3 N–H and O–H groups in total. The van der Waals surface area contributed by atoms with Gasteiger partial charge in [-0.2, -0.15) is 0 Å². The van der Waals surface area contributed by atoms with Crippen LogP contribution in [0.4, 0.5) is 0 Å². The Kier molecular flexibility index (Phi) is 11.0. The maximum absolute atomic E-state index is 12.7. The number of Topliss-reactive ketones (excluding diaryl/α,β-unsaturated/α-hetero) is 1. The second-order valence-corrected chi connectivity index (χ2v) is 8.37. The van der Waals surface area contributed by atoms with Crippen molar-refractivity contribution in [2.75, 3.05) is 20.6 Å². The van der Waals surface area contributed by atoms with Gasteiger partial charge >= 0.3 is 0 Å². The molecule has 0 spiro atoms. The summed E-state index contributed by atoms with van der Waals surface area (Å²) in [5, 5.41) is 8.10. The zero-order valence-electron chi connectivity index (χ0n) is 20.8. The number of rotatable bonds is 13. The van der Waals surface area contributed by atoms with Crippen LogP contribution in [0.1, 0.15) is 44.0 Å². The van der Waals surface area contributed by atoms with Crippen molar-refractivity contribution < 1.29 is 19.2 Å². The number of aromatic nitrogens is 1. The summed E-state index contributed by atoms with van der Waals surface area (Å²) in [4.78, 5) is 56.2. The van der Waals surface area contributed by atoms with Crippen LogP contribution in [0.5, 0.6) is 0 Å². The Balaban J connectivity index is 1.87. The molecule has 9 heteroatoms. The van der Waals surface area contributed by atoms with Gasteiger partial charge in [0.2, 0.25) is 17.6 Å². The number of hydrogen-bond acceptors (Lipinski definition) is 6. The first-order chi connectivity index (χ1) is 16.8. The van der Waals surface area contributed by atoms with Gasteiger partial charge in [-0.15, -0.1) is 0 Å². The summed E-state index contributed by atoms with van der Waals surface area (Å²) in [6, 6.07) is 12.8. The summed E-state index contributed by atoms with van der Waals surface area (Å²) in [7, 11) is 3.24. The van der Waals surface area contributed by atoms with E-state index in [0.29, 0.717) is 19.4 Å². The molecule has 0 fully saturated rings. The molecule has 0 bridgehead atoms. The number of hydrogen-bond donors (Lipinski definition) is 3. The number of carbonyl (C=O) groups is 4. The fraction of sp³-hybridized carbons (Fsp3) is 0.423. The van der Waals surface area contributed by atoms with Crippen LogP contribution in [-0.4, -0.2) is 66.1 Å². The number of nitrogens with zero attached hydrogens (tertiary/aromatic N) is 2. The molecule has 3 atom stereocenters. The van der Waals surface area contributed by atoms with Crippen molar-refractivity contribution in [1.29, 1.82) is 0 Å². The van der Waals surface area contributed by atoms with Gasteiger partial charge < -0.3 is 20.9 Å². The molecule has 0 aliphatic rings. The van der Waals surface area contributed by atoms with Crippen LogP contribution in [0.2, 0.25) is 0 Å². The van der Waals surface area contributed by atoms with E-state index in [2.05, 4.69) is 20.9 Å². The number of carbonyl (C=O) groups excluding carboxylic acids is 4. The monoisotopic (exact) mass is 481 g/mol. The summed E-state index contributed by atoms with van der Waals surface area (Å²) >= 11 is 0. The highest BCUT2D eigenvalue weighted by Crippen LogP contribution is 2.15. The van der Waals surface area contributed by atoms with E-state index in [-0.39, 0.29) is 18.4 Å². The van der Waals surface area contributed by atoms with Gasteiger partial charge in [-0.25, -0.2) is 0 Å². The Morgan fingerprint density at radius 1 is 1.00 bits per heavy atom. The minimum absolute atomic E-state index is 0.0833. The topological polar surface area (TPSA) is 120 Å². The SMILES string of the molecule is CC[C@@H](NC(=O)C(=O)C(C)NC(=O)[C@H](CC(=O)N(C)CCc1ccccn1)NC)c1ccccc1. The molecule has 9 nitrogen and oxygen atoms in total. The van der Waals surface area contributed by atoms with E-state index in [0.717, 1.165) is 11.3 Å². The molecule has 1 unspecified atom stereocenters. The molecule has 0 saturated heterocycles. The molecule has 188 valence electrons. The predicted molar refractivity (Wildman–Crippen MR) is 133 cm³/mol. The Hall–Kier alpha value is -3.59. The van der Waals surface area contributed by atoms with E-state index in [1.807, 2.05) is 55.5 Å².